The molecular weight excluding hydrogens is 228 g/mol. The van der Waals surface area contributed by atoms with Crippen LogP contribution in [0.1, 0.15) is 26.7 Å². The van der Waals surface area contributed by atoms with Gasteiger partial charge in [0.05, 0.1) is 6.54 Å². The number of nitrogens with zero attached hydrogens (tertiary/aromatic N) is 2. The van der Waals surface area contributed by atoms with Gasteiger partial charge in [0.15, 0.2) is 0 Å². The zero-order chi connectivity index (χ0) is 13.4. The number of pyridine rings is 1. The van der Waals surface area contributed by atoms with Crippen LogP contribution in [0.4, 0.5) is 11.5 Å². The Morgan fingerprint density at radius 2 is 2.28 bits per heavy atom. The van der Waals surface area contributed by atoms with E-state index in [0.717, 1.165) is 37.4 Å². The summed E-state index contributed by atoms with van der Waals surface area (Å²) >= 11 is 0. The molecular formula is C13H22N4O. The van der Waals surface area contributed by atoms with Crippen molar-refractivity contribution in [2.45, 2.75) is 26.7 Å². The van der Waals surface area contributed by atoms with E-state index in [4.69, 9.17) is 5.73 Å². The molecule has 0 bridgehead atoms. The average molecular weight is 250 g/mol. The van der Waals surface area contributed by atoms with Gasteiger partial charge in [0.2, 0.25) is 5.91 Å². The number of nitrogens with one attached hydrogen (secondary N) is 1. The van der Waals surface area contributed by atoms with Gasteiger partial charge in [-0.3, -0.25) is 4.79 Å². The molecule has 100 valence electrons. The lowest BCUT2D eigenvalue weighted by Gasteiger charge is -2.23. The van der Waals surface area contributed by atoms with Crippen molar-refractivity contribution >= 4 is 17.4 Å². The van der Waals surface area contributed by atoms with Gasteiger partial charge >= 0.3 is 0 Å². The summed E-state index contributed by atoms with van der Waals surface area (Å²) in [7, 11) is 0. The number of hydrogen-bond donors (Lipinski definition) is 2. The Labute approximate surface area is 108 Å². The third kappa shape index (κ3) is 4.61. The summed E-state index contributed by atoms with van der Waals surface area (Å²) in [6, 6.07) is 3.85. The van der Waals surface area contributed by atoms with Crippen molar-refractivity contribution in [3.63, 3.8) is 0 Å². The molecule has 18 heavy (non-hydrogen) atoms. The van der Waals surface area contributed by atoms with E-state index in [-0.39, 0.29) is 12.5 Å². The van der Waals surface area contributed by atoms with E-state index in [0.29, 0.717) is 0 Å². The predicted octanol–water partition coefficient (Wildman–Crippen LogP) is 1.61. The monoisotopic (exact) mass is 250 g/mol. The Bertz CT molecular complexity index is 381. The Hall–Kier alpha value is -1.78. The molecule has 0 aliphatic carbocycles. The van der Waals surface area contributed by atoms with Crippen LogP contribution in [0, 0.1) is 0 Å². The van der Waals surface area contributed by atoms with Crippen molar-refractivity contribution < 1.29 is 4.79 Å². The highest BCUT2D eigenvalue weighted by Crippen LogP contribution is 2.17. The van der Waals surface area contributed by atoms with Crippen LogP contribution in [0.2, 0.25) is 0 Å². The van der Waals surface area contributed by atoms with Crippen LogP contribution in [0.3, 0.4) is 0 Å². The molecule has 0 unspecified atom stereocenters. The number of aromatic nitrogens is 1. The lowest BCUT2D eigenvalue weighted by Crippen LogP contribution is -2.34. The number of carbonyl (C=O) groups excluding carboxylic acids is 1. The topological polar surface area (TPSA) is 71.2 Å². The Balaban J connectivity index is 2.81. The van der Waals surface area contributed by atoms with Crippen LogP contribution in [-0.2, 0) is 4.79 Å². The maximum Gasteiger partial charge on any atom is 0.236 e. The second kappa shape index (κ2) is 7.53. The molecule has 1 heterocycles. The number of amides is 1. The molecule has 0 radical (unpaired) electrons. The summed E-state index contributed by atoms with van der Waals surface area (Å²) in [5.74, 6) is 0.508. The fourth-order valence-corrected chi connectivity index (χ4v) is 1.73. The lowest BCUT2D eigenvalue weighted by molar-refractivity contribution is -0.116. The van der Waals surface area contributed by atoms with Crippen molar-refractivity contribution in [3.8, 4) is 0 Å². The molecule has 0 atom stereocenters. The van der Waals surface area contributed by atoms with E-state index >= 15 is 0 Å². The van der Waals surface area contributed by atoms with Gasteiger partial charge in [0.25, 0.3) is 0 Å². The SMILES string of the molecule is CCCCN(CC(N)=O)c1ccnc(NCC)c1. The molecule has 0 saturated heterocycles. The van der Waals surface area contributed by atoms with Crippen molar-refractivity contribution in [2.75, 3.05) is 29.9 Å². The summed E-state index contributed by atoms with van der Waals surface area (Å²) in [6.45, 7) is 6.04. The Morgan fingerprint density at radius 3 is 2.89 bits per heavy atom. The van der Waals surface area contributed by atoms with E-state index in [1.807, 2.05) is 24.0 Å². The van der Waals surface area contributed by atoms with Crippen molar-refractivity contribution in [3.05, 3.63) is 18.3 Å². The molecule has 5 nitrogen and oxygen atoms in total. The first-order chi connectivity index (χ1) is 8.67. The molecule has 1 amide bonds. The van der Waals surface area contributed by atoms with E-state index in [9.17, 15) is 4.79 Å². The third-order valence-corrected chi connectivity index (χ3v) is 2.59. The second-order valence-electron chi connectivity index (χ2n) is 4.17. The Morgan fingerprint density at radius 1 is 1.50 bits per heavy atom. The van der Waals surface area contributed by atoms with Crippen LogP contribution in [-0.4, -0.2) is 30.5 Å². The quantitative estimate of drug-likeness (QED) is 0.735. The minimum absolute atomic E-state index is 0.246. The van der Waals surface area contributed by atoms with Gasteiger partial charge in [-0.15, -0.1) is 0 Å². The molecule has 1 aromatic rings. The first-order valence-electron chi connectivity index (χ1n) is 6.40. The minimum Gasteiger partial charge on any atom is -0.370 e. The van der Waals surface area contributed by atoms with Gasteiger partial charge in [-0.2, -0.15) is 0 Å². The average Bonchev–Trinajstić information content (AvgIpc) is 2.35. The van der Waals surface area contributed by atoms with Crippen LogP contribution in [0.15, 0.2) is 18.3 Å². The summed E-state index contributed by atoms with van der Waals surface area (Å²) in [6.07, 6.45) is 3.86. The first-order valence-corrected chi connectivity index (χ1v) is 6.40. The van der Waals surface area contributed by atoms with E-state index in [2.05, 4.69) is 17.2 Å². The van der Waals surface area contributed by atoms with E-state index in [1.165, 1.54) is 0 Å². The van der Waals surface area contributed by atoms with Gasteiger partial charge in [0.1, 0.15) is 5.82 Å². The van der Waals surface area contributed by atoms with Crippen molar-refractivity contribution in [1.82, 2.24) is 4.98 Å². The van der Waals surface area contributed by atoms with Gasteiger partial charge in [-0.25, -0.2) is 4.98 Å². The van der Waals surface area contributed by atoms with Crippen LogP contribution in [0.25, 0.3) is 0 Å². The van der Waals surface area contributed by atoms with Crippen molar-refractivity contribution in [2.24, 2.45) is 5.73 Å². The molecule has 0 aliphatic heterocycles. The second-order valence-corrected chi connectivity index (χ2v) is 4.17. The number of anilines is 2. The zero-order valence-corrected chi connectivity index (χ0v) is 11.1. The standard InChI is InChI=1S/C13H22N4O/c1-3-5-8-17(10-12(14)18)11-6-7-16-13(9-11)15-4-2/h6-7,9H,3-5,8,10H2,1-2H3,(H2,14,18)(H,15,16). The normalized spacial score (nSPS) is 10.1. The number of nitrogens with two attached hydrogens (primary N) is 1. The smallest absolute Gasteiger partial charge is 0.236 e. The molecule has 0 spiro atoms. The lowest BCUT2D eigenvalue weighted by atomic mass is 10.2. The summed E-state index contributed by atoms with van der Waals surface area (Å²) in [5, 5.41) is 3.16. The fraction of sp³-hybridized carbons (Fsp3) is 0.538. The number of unbranched alkanes of at least 4 members (excludes halogenated alkanes) is 1. The molecule has 0 saturated carbocycles. The summed E-state index contributed by atoms with van der Waals surface area (Å²) in [5.41, 5.74) is 6.27. The largest absolute Gasteiger partial charge is 0.370 e. The molecule has 0 aliphatic rings. The number of primary amides is 1. The maximum atomic E-state index is 11.1. The molecule has 3 N–H and O–H groups in total. The van der Waals surface area contributed by atoms with Gasteiger partial charge in [-0.05, 0) is 19.4 Å². The van der Waals surface area contributed by atoms with Crippen LogP contribution >= 0.6 is 0 Å². The Kier molecular flexibility index (Phi) is 5.97. The summed E-state index contributed by atoms with van der Waals surface area (Å²) < 4.78 is 0. The number of hydrogen-bond acceptors (Lipinski definition) is 4. The highest BCUT2D eigenvalue weighted by Gasteiger charge is 2.09. The predicted molar refractivity (Wildman–Crippen MR) is 74.7 cm³/mol. The highest BCUT2D eigenvalue weighted by atomic mass is 16.1. The third-order valence-electron chi connectivity index (χ3n) is 2.59. The minimum atomic E-state index is -0.312. The zero-order valence-electron chi connectivity index (χ0n) is 11.1. The van der Waals surface area contributed by atoms with Gasteiger partial charge in [-0.1, -0.05) is 13.3 Å². The van der Waals surface area contributed by atoms with Gasteiger partial charge in [0, 0.05) is 31.0 Å². The number of rotatable bonds is 8. The fourth-order valence-electron chi connectivity index (χ4n) is 1.73. The van der Waals surface area contributed by atoms with E-state index in [1.54, 1.807) is 6.20 Å². The first kappa shape index (κ1) is 14.3. The highest BCUT2D eigenvalue weighted by molar-refractivity contribution is 5.79. The van der Waals surface area contributed by atoms with Crippen LogP contribution in [0.5, 0.6) is 0 Å². The van der Waals surface area contributed by atoms with Crippen LogP contribution < -0.4 is 16.0 Å². The molecule has 0 aromatic carbocycles. The number of carbonyl (C=O) groups is 1. The maximum absolute atomic E-state index is 11.1. The van der Waals surface area contributed by atoms with E-state index < -0.39 is 0 Å². The van der Waals surface area contributed by atoms with Gasteiger partial charge < -0.3 is 16.0 Å². The molecule has 5 heteroatoms. The molecule has 0 fully saturated rings. The molecule has 1 rings (SSSR count). The summed E-state index contributed by atoms with van der Waals surface area (Å²) in [4.78, 5) is 17.3. The van der Waals surface area contributed by atoms with Crippen molar-refractivity contribution in [1.29, 1.82) is 0 Å². The molecule has 1 aromatic heterocycles.